The van der Waals surface area contributed by atoms with E-state index in [0.29, 0.717) is 11.6 Å². The molecular formula is C12H14ClN5O3. The van der Waals surface area contributed by atoms with Gasteiger partial charge in [0.25, 0.3) is 0 Å². The van der Waals surface area contributed by atoms with Gasteiger partial charge in [-0.3, -0.25) is 14.2 Å². The molecule has 0 aliphatic heterocycles. The summed E-state index contributed by atoms with van der Waals surface area (Å²) in [6, 6.07) is 0. The van der Waals surface area contributed by atoms with Gasteiger partial charge >= 0.3 is 5.97 Å². The average molecular weight is 312 g/mol. The molecule has 2 rings (SSSR count). The van der Waals surface area contributed by atoms with Gasteiger partial charge in [0, 0.05) is 12.7 Å². The molecule has 9 heteroatoms. The first-order valence-electron chi connectivity index (χ1n) is 6.24. The lowest BCUT2D eigenvalue weighted by Crippen LogP contribution is -2.28. The van der Waals surface area contributed by atoms with Crippen molar-refractivity contribution in [3.8, 4) is 0 Å². The van der Waals surface area contributed by atoms with Crippen LogP contribution in [0.2, 0.25) is 5.02 Å². The van der Waals surface area contributed by atoms with Crippen molar-refractivity contribution in [3.63, 3.8) is 0 Å². The molecule has 0 atom stereocenters. The van der Waals surface area contributed by atoms with E-state index in [4.69, 9.17) is 16.7 Å². The van der Waals surface area contributed by atoms with Crippen LogP contribution in [0.5, 0.6) is 0 Å². The van der Waals surface area contributed by atoms with Crippen molar-refractivity contribution in [1.29, 1.82) is 0 Å². The maximum atomic E-state index is 11.8. The molecule has 1 amide bonds. The van der Waals surface area contributed by atoms with Crippen LogP contribution >= 0.6 is 11.6 Å². The van der Waals surface area contributed by atoms with Crippen LogP contribution in [0.25, 0.3) is 0 Å². The van der Waals surface area contributed by atoms with Crippen molar-refractivity contribution in [1.82, 2.24) is 24.9 Å². The summed E-state index contributed by atoms with van der Waals surface area (Å²) < 4.78 is 2.95. The molecule has 0 saturated heterocycles. The van der Waals surface area contributed by atoms with E-state index in [-0.39, 0.29) is 24.6 Å². The van der Waals surface area contributed by atoms with Gasteiger partial charge in [0.05, 0.1) is 35.2 Å². The molecule has 2 aromatic rings. The number of nitrogens with zero attached hydrogens (tertiary/aromatic N) is 4. The molecule has 0 aliphatic rings. The first-order valence-corrected chi connectivity index (χ1v) is 6.61. The lowest BCUT2D eigenvalue weighted by Gasteiger charge is -2.07. The minimum absolute atomic E-state index is 0.0369. The van der Waals surface area contributed by atoms with E-state index in [0.717, 1.165) is 5.69 Å². The number of carboxylic acids is 1. The van der Waals surface area contributed by atoms with E-state index in [1.807, 2.05) is 6.92 Å². The highest BCUT2D eigenvalue weighted by Gasteiger charge is 2.11. The Balaban J connectivity index is 1.92. The molecule has 2 aromatic heterocycles. The number of carboxylic acid groups (broad SMARTS) is 1. The highest BCUT2D eigenvalue weighted by molar-refractivity contribution is 6.31. The Labute approximate surface area is 125 Å². The van der Waals surface area contributed by atoms with Crippen LogP contribution in [0.1, 0.15) is 23.0 Å². The standard InChI is InChI=1S/C12H14ClN5O3/c1-2-18-10(9(13)4-16-18)5-14-11(19)7-17-6-8(3-15-17)12(20)21/h3-4,6H,2,5,7H2,1H3,(H,14,19)(H,20,21). The Kier molecular flexibility index (Phi) is 4.59. The second kappa shape index (κ2) is 6.40. The third-order valence-electron chi connectivity index (χ3n) is 2.84. The SMILES string of the molecule is CCn1ncc(Cl)c1CNC(=O)Cn1cc(C(=O)O)cn1. The molecule has 0 fully saturated rings. The van der Waals surface area contributed by atoms with Crippen LogP contribution in [-0.4, -0.2) is 36.5 Å². The largest absolute Gasteiger partial charge is 0.478 e. The number of hydrogen-bond donors (Lipinski definition) is 2. The van der Waals surface area contributed by atoms with Crippen LogP contribution in [-0.2, 0) is 24.4 Å². The van der Waals surface area contributed by atoms with E-state index >= 15 is 0 Å². The fraction of sp³-hybridized carbons (Fsp3) is 0.333. The predicted molar refractivity (Wildman–Crippen MR) is 73.9 cm³/mol. The van der Waals surface area contributed by atoms with E-state index in [2.05, 4.69) is 15.5 Å². The Morgan fingerprint density at radius 1 is 1.38 bits per heavy atom. The molecule has 0 aliphatic carbocycles. The first-order chi connectivity index (χ1) is 10.0. The molecule has 21 heavy (non-hydrogen) atoms. The number of aromatic carboxylic acids is 1. The zero-order valence-corrected chi connectivity index (χ0v) is 12.0. The number of aryl methyl sites for hydroxylation is 1. The number of amides is 1. The van der Waals surface area contributed by atoms with Crippen molar-refractivity contribution >= 4 is 23.5 Å². The van der Waals surface area contributed by atoms with Crippen LogP contribution in [0, 0.1) is 0 Å². The minimum Gasteiger partial charge on any atom is -0.478 e. The monoisotopic (exact) mass is 311 g/mol. The second-order valence-electron chi connectivity index (χ2n) is 4.26. The molecule has 0 bridgehead atoms. The summed E-state index contributed by atoms with van der Waals surface area (Å²) in [5.74, 6) is -1.38. The molecule has 0 saturated carbocycles. The Morgan fingerprint density at radius 2 is 2.14 bits per heavy atom. The Hall–Kier alpha value is -2.35. The van der Waals surface area contributed by atoms with Crippen molar-refractivity contribution in [2.45, 2.75) is 26.6 Å². The van der Waals surface area contributed by atoms with Crippen molar-refractivity contribution in [3.05, 3.63) is 34.9 Å². The number of hydrogen-bond acceptors (Lipinski definition) is 4. The number of aromatic nitrogens is 4. The molecule has 112 valence electrons. The molecule has 8 nitrogen and oxygen atoms in total. The summed E-state index contributed by atoms with van der Waals surface area (Å²) in [5.41, 5.74) is 0.758. The zero-order chi connectivity index (χ0) is 15.4. The topological polar surface area (TPSA) is 102 Å². The molecular weight excluding hydrogens is 298 g/mol. The third kappa shape index (κ3) is 3.60. The molecule has 2 heterocycles. The van der Waals surface area contributed by atoms with Crippen molar-refractivity contribution < 1.29 is 14.7 Å². The van der Waals surface area contributed by atoms with E-state index in [9.17, 15) is 9.59 Å². The molecule has 0 spiro atoms. The van der Waals surface area contributed by atoms with Crippen molar-refractivity contribution in [2.24, 2.45) is 0 Å². The average Bonchev–Trinajstić information content (AvgIpc) is 3.03. The summed E-state index contributed by atoms with van der Waals surface area (Å²) in [6.07, 6.45) is 4.02. The van der Waals surface area contributed by atoms with Gasteiger partial charge in [-0.15, -0.1) is 0 Å². The number of nitrogens with one attached hydrogen (secondary N) is 1. The summed E-state index contributed by atoms with van der Waals surface area (Å²) in [6.45, 7) is 2.76. The van der Waals surface area contributed by atoms with Crippen LogP contribution in [0.4, 0.5) is 0 Å². The van der Waals surface area contributed by atoms with Gasteiger partial charge in [-0.25, -0.2) is 4.79 Å². The maximum Gasteiger partial charge on any atom is 0.338 e. The second-order valence-corrected chi connectivity index (χ2v) is 4.67. The number of rotatable bonds is 6. The fourth-order valence-corrected chi connectivity index (χ4v) is 1.99. The number of carbonyl (C=O) groups excluding carboxylic acids is 1. The van der Waals surface area contributed by atoms with E-state index < -0.39 is 5.97 Å². The summed E-state index contributed by atoms with van der Waals surface area (Å²) in [7, 11) is 0. The lowest BCUT2D eigenvalue weighted by atomic mass is 10.4. The van der Waals surface area contributed by atoms with Gasteiger partial charge < -0.3 is 10.4 Å². The van der Waals surface area contributed by atoms with Gasteiger partial charge in [-0.1, -0.05) is 11.6 Å². The van der Waals surface area contributed by atoms with Gasteiger partial charge in [0.15, 0.2) is 0 Å². The predicted octanol–water partition coefficient (Wildman–Crippen LogP) is 0.768. The van der Waals surface area contributed by atoms with E-state index in [1.165, 1.54) is 23.3 Å². The van der Waals surface area contributed by atoms with Gasteiger partial charge in [-0.05, 0) is 6.92 Å². The Bertz CT molecular complexity index is 664. The van der Waals surface area contributed by atoms with Gasteiger partial charge in [-0.2, -0.15) is 10.2 Å². The van der Waals surface area contributed by atoms with Crippen LogP contribution in [0.3, 0.4) is 0 Å². The normalized spacial score (nSPS) is 10.6. The Morgan fingerprint density at radius 3 is 2.76 bits per heavy atom. The molecule has 0 radical (unpaired) electrons. The van der Waals surface area contributed by atoms with E-state index in [1.54, 1.807) is 4.68 Å². The quantitative estimate of drug-likeness (QED) is 0.820. The lowest BCUT2D eigenvalue weighted by molar-refractivity contribution is -0.122. The zero-order valence-electron chi connectivity index (χ0n) is 11.3. The summed E-state index contributed by atoms with van der Waals surface area (Å²) in [4.78, 5) is 22.5. The molecule has 0 aromatic carbocycles. The smallest absolute Gasteiger partial charge is 0.338 e. The first kappa shape index (κ1) is 15.0. The fourth-order valence-electron chi connectivity index (χ4n) is 1.78. The summed E-state index contributed by atoms with van der Waals surface area (Å²) >= 11 is 5.99. The van der Waals surface area contributed by atoms with Crippen LogP contribution in [0.15, 0.2) is 18.6 Å². The summed E-state index contributed by atoms with van der Waals surface area (Å²) in [5, 5.41) is 19.8. The van der Waals surface area contributed by atoms with Gasteiger partial charge in [0.1, 0.15) is 6.54 Å². The highest BCUT2D eigenvalue weighted by Crippen LogP contribution is 2.14. The maximum absolute atomic E-state index is 11.8. The van der Waals surface area contributed by atoms with Crippen molar-refractivity contribution in [2.75, 3.05) is 0 Å². The van der Waals surface area contributed by atoms with Gasteiger partial charge in [0.2, 0.25) is 5.91 Å². The molecule has 2 N–H and O–H groups in total. The highest BCUT2D eigenvalue weighted by atomic mass is 35.5. The number of carbonyl (C=O) groups is 2. The van der Waals surface area contributed by atoms with Crippen LogP contribution < -0.4 is 5.32 Å². The number of halogens is 1. The minimum atomic E-state index is -1.08. The third-order valence-corrected chi connectivity index (χ3v) is 3.15. The molecule has 0 unspecified atom stereocenters.